The van der Waals surface area contributed by atoms with Crippen LogP contribution in [0.3, 0.4) is 0 Å². The van der Waals surface area contributed by atoms with Crippen molar-refractivity contribution < 1.29 is 4.74 Å². The molecule has 4 rings (SSSR count). The van der Waals surface area contributed by atoms with Gasteiger partial charge < -0.3 is 14.5 Å². The highest BCUT2D eigenvalue weighted by molar-refractivity contribution is 5.71. The standard InChI is InChI=1S/C19H24N2O/c1-5-18-9-10-19(18,6-2)17-20(3)11-12-21(17)16-13-14(22-4)7-8-15(16)18/h7-13,17H,5-6H2,1-4H3/t17-,18?,19-/m1/s1. The molecule has 0 amide bonds. The van der Waals surface area contributed by atoms with E-state index < -0.39 is 0 Å². The van der Waals surface area contributed by atoms with Gasteiger partial charge in [-0.05, 0) is 24.5 Å². The van der Waals surface area contributed by atoms with Gasteiger partial charge in [-0.2, -0.15) is 0 Å². The van der Waals surface area contributed by atoms with Crippen LogP contribution in [0, 0.1) is 5.41 Å². The van der Waals surface area contributed by atoms with Crippen molar-refractivity contribution in [2.24, 2.45) is 5.41 Å². The number of allylic oxidation sites excluding steroid dienone is 1. The van der Waals surface area contributed by atoms with E-state index in [-0.39, 0.29) is 10.8 Å². The fourth-order valence-electron chi connectivity index (χ4n) is 5.00. The summed E-state index contributed by atoms with van der Waals surface area (Å²) in [5.74, 6) is 0.930. The molecule has 0 radical (unpaired) electrons. The third-order valence-corrected chi connectivity index (χ3v) is 6.17. The van der Waals surface area contributed by atoms with Crippen molar-refractivity contribution in [1.82, 2.24) is 4.90 Å². The molecule has 3 atom stereocenters. The molecule has 1 aromatic rings. The monoisotopic (exact) mass is 296 g/mol. The van der Waals surface area contributed by atoms with E-state index in [1.807, 2.05) is 0 Å². The normalized spacial score (nSPS) is 34.1. The lowest BCUT2D eigenvalue weighted by atomic mass is 9.47. The first-order chi connectivity index (χ1) is 10.6. The number of nitrogens with zero attached hydrogens (tertiary/aromatic N) is 2. The Kier molecular flexibility index (Phi) is 2.69. The number of anilines is 1. The van der Waals surface area contributed by atoms with Crippen LogP contribution in [-0.4, -0.2) is 25.2 Å². The Morgan fingerprint density at radius 2 is 1.95 bits per heavy atom. The lowest BCUT2D eigenvalue weighted by Gasteiger charge is -2.63. The number of methoxy groups -OCH3 is 1. The van der Waals surface area contributed by atoms with Crippen LogP contribution < -0.4 is 9.64 Å². The predicted octanol–water partition coefficient (Wildman–Crippen LogP) is 3.87. The Labute approximate surface area is 132 Å². The van der Waals surface area contributed by atoms with Crippen molar-refractivity contribution in [2.45, 2.75) is 38.3 Å². The molecule has 3 heteroatoms. The second-order valence-corrected chi connectivity index (χ2v) is 6.68. The minimum absolute atomic E-state index is 0.144. The molecule has 0 aromatic heterocycles. The van der Waals surface area contributed by atoms with Crippen LogP contribution in [0.1, 0.15) is 32.3 Å². The maximum atomic E-state index is 5.47. The van der Waals surface area contributed by atoms with Crippen LogP contribution in [0.2, 0.25) is 0 Å². The molecular formula is C19H24N2O. The summed E-state index contributed by atoms with van der Waals surface area (Å²) >= 11 is 0. The van der Waals surface area contributed by atoms with Crippen LogP contribution in [0.25, 0.3) is 0 Å². The van der Waals surface area contributed by atoms with Gasteiger partial charge in [-0.25, -0.2) is 0 Å². The molecule has 0 saturated heterocycles. The van der Waals surface area contributed by atoms with E-state index in [1.54, 1.807) is 7.11 Å². The quantitative estimate of drug-likeness (QED) is 0.787. The summed E-state index contributed by atoms with van der Waals surface area (Å²) in [6.07, 6.45) is 11.9. The molecule has 3 aliphatic rings. The summed E-state index contributed by atoms with van der Waals surface area (Å²) < 4.78 is 5.47. The van der Waals surface area contributed by atoms with Crippen molar-refractivity contribution in [3.05, 3.63) is 48.3 Å². The maximum absolute atomic E-state index is 5.47. The number of benzene rings is 1. The van der Waals surface area contributed by atoms with Crippen molar-refractivity contribution >= 4 is 5.69 Å². The van der Waals surface area contributed by atoms with E-state index in [9.17, 15) is 0 Å². The average Bonchev–Trinajstić information content (AvgIpc) is 2.91. The molecule has 3 nitrogen and oxygen atoms in total. The highest BCUT2D eigenvalue weighted by atomic mass is 16.5. The van der Waals surface area contributed by atoms with Crippen LogP contribution >= 0.6 is 0 Å². The largest absolute Gasteiger partial charge is 0.497 e. The third kappa shape index (κ3) is 1.29. The molecule has 1 aliphatic carbocycles. The van der Waals surface area contributed by atoms with Gasteiger partial charge >= 0.3 is 0 Å². The first-order valence-corrected chi connectivity index (χ1v) is 8.21. The molecule has 0 bridgehead atoms. The summed E-state index contributed by atoms with van der Waals surface area (Å²) in [6, 6.07) is 6.57. The van der Waals surface area contributed by atoms with E-state index in [1.165, 1.54) is 11.3 Å². The number of hydrogen-bond donors (Lipinski definition) is 0. The zero-order valence-corrected chi connectivity index (χ0v) is 13.8. The van der Waals surface area contributed by atoms with Gasteiger partial charge in [0.2, 0.25) is 0 Å². The van der Waals surface area contributed by atoms with Crippen molar-refractivity contribution in [2.75, 3.05) is 19.1 Å². The van der Waals surface area contributed by atoms with Gasteiger partial charge in [-0.15, -0.1) is 0 Å². The van der Waals surface area contributed by atoms with Gasteiger partial charge in [0, 0.05) is 36.3 Å². The zero-order chi connectivity index (χ0) is 15.5. The molecule has 0 spiro atoms. The molecule has 22 heavy (non-hydrogen) atoms. The van der Waals surface area contributed by atoms with Crippen molar-refractivity contribution in [1.29, 1.82) is 0 Å². The molecular weight excluding hydrogens is 272 g/mol. The lowest BCUT2D eigenvalue weighted by Crippen LogP contribution is -2.65. The average molecular weight is 296 g/mol. The van der Waals surface area contributed by atoms with E-state index in [2.05, 4.69) is 73.4 Å². The number of ether oxygens (including phenoxy) is 1. The van der Waals surface area contributed by atoms with E-state index in [0.29, 0.717) is 6.17 Å². The molecule has 2 aliphatic heterocycles. The van der Waals surface area contributed by atoms with E-state index in [0.717, 1.165) is 18.6 Å². The first-order valence-electron chi connectivity index (χ1n) is 8.21. The summed E-state index contributed by atoms with van der Waals surface area (Å²) in [6.45, 7) is 4.65. The second-order valence-electron chi connectivity index (χ2n) is 6.68. The predicted molar refractivity (Wildman–Crippen MR) is 90.0 cm³/mol. The molecule has 116 valence electrons. The van der Waals surface area contributed by atoms with Crippen LogP contribution in [0.4, 0.5) is 5.69 Å². The van der Waals surface area contributed by atoms with Gasteiger partial charge in [0.1, 0.15) is 11.9 Å². The minimum Gasteiger partial charge on any atom is -0.497 e. The summed E-state index contributed by atoms with van der Waals surface area (Å²) in [4.78, 5) is 4.79. The Morgan fingerprint density at radius 3 is 2.55 bits per heavy atom. The molecule has 1 aromatic carbocycles. The minimum atomic E-state index is 0.144. The van der Waals surface area contributed by atoms with Gasteiger partial charge in [-0.3, -0.25) is 0 Å². The van der Waals surface area contributed by atoms with Gasteiger partial charge in [0.25, 0.3) is 0 Å². The smallest absolute Gasteiger partial charge is 0.120 e. The maximum Gasteiger partial charge on any atom is 0.120 e. The first kappa shape index (κ1) is 13.7. The highest BCUT2D eigenvalue weighted by Gasteiger charge is 2.63. The van der Waals surface area contributed by atoms with Crippen molar-refractivity contribution in [3.63, 3.8) is 0 Å². The Balaban J connectivity index is 2.00. The fourth-order valence-corrected chi connectivity index (χ4v) is 5.00. The molecule has 1 unspecified atom stereocenters. The van der Waals surface area contributed by atoms with Crippen molar-refractivity contribution in [3.8, 4) is 5.75 Å². The highest BCUT2D eigenvalue weighted by Crippen LogP contribution is 2.65. The second kappa shape index (κ2) is 4.31. The van der Waals surface area contributed by atoms with Gasteiger partial charge in [0.15, 0.2) is 0 Å². The van der Waals surface area contributed by atoms with Gasteiger partial charge in [0.05, 0.1) is 12.8 Å². The topological polar surface area (TPSA) is 15.7 Å². The molecule has 2 heterocycles. The number of rotatable bonds is 3. The summed E-state index contributed by atoms with van der Waals surface area (Å²) in [7, 11) is 3.93. The summed E-state index contributed by atoms with van der Waals surface area (Å²) in [5.41, 5.74) is 3.06. The molecule has 0 saturated carbocycles. The Hall–Kier alpha value is -1.90. The fraction of sp³-hybridized carbons (Fsp3) is 0.474. The molecule has 0 fully saturated rings. The lowest BCUT2D eigenvalue weighted by molar-refractivity contribution is 0.0605. The number of hydrogen-bond acceptors (Lipinski definition) is 3. The molecule has 0 N–H and O–H groups in total. The SMILES string of the molecule is CCC12C=C[C@]1(CC)[C@@H]1N(C)C=CN1c1cc(OC)ccc12. The van der Waals surface area contributed by atoms with Crippen LogP contribution in [-0.2, 0) is 5.41 Å². The number of fused-ring (bicyclic) bond motifs is 6. The van der Waals surface area contributed by atoms with Gasteiger partial charge in [-0.1, -0.05) is 32.1 Å². The van der Waals surface area contributed by atoms with Crippen LogP contribution in [0.5, 0.6) is 5.75 Å². The zero-order valence-electron chi connectivity index (χ0n) is 13.8. The third-order valence-electron chi connectivity index (χ3n) is 6.17. The summed E-state index contributed by atoms with van der Waals surface area (Å²) in [5, 5.41) is 0. The van der Waals surface area contributed by atoms with E-state index >= 15 is 0 Å². The van der Waals surface area contributed by atoms with E-state index in [4.69, 9.17) is 4.74 Å². The Morgan fingerprint density at radius 1 is 1.14 bits per heavy atom. The van der Waals surface area contributed by atoms with Crippen LogP contribution in [0.15, 0.2) is 42.8 Å². The Bertz CT molecular complexity index is 680.